The fourth-order valence-corrected chi connectivity index (χ4v) is 4.25. The summed E-state index contributed by atoms with van der Waals surface area (Å²) in [6, 6.07) is 15.8. The molecule has 2 aromatic carbocycles. The molecule has 32 heavy (non-hydrogen) atoms. The SMILES string of the molecule is C=CCN(CC=C)C(=O)Cn1c(C2CC(=O)N(c3ccc(C)cc3)C2)nc2ccccc21. The molecule has 1 saturated heterocycles. The smallest absolute Gasteiger partial charge is 0.243 e. The second-order valence-corrected chi connectivity index (χ2v) is 8.16. The van der Waals surface area contributed by atoms with Crippen LogP contribution in [0, 0.1) is 6.92 Å². The Labute approximate surface area is 188 Å². The molecule has 6 nitrogen and oxygen atoms in total. The number of aryl methyl sites for hydroxylation is 1. The van der Waals surface area contributed by atoms with Crippen molar-refractivity contribution in [3.8, 4) is 0 Å². The number of carbonyl (C=O) groups is 2. The van der Waals surface area contributed by atoms with Crippen LogP contribution < -0.4 is 4.90 Å². The first kappa shape index (κ1) is 21.6. The van der Waals surface area contributed by atoms with Gasteiger partial charge >= 0.3 is 0 Å². The number of imidazole rings is 1. The number of nitrogens with zero attached hydrogens (tertiary/aromatic N) is 4. The summed E-state index contributed by atoms with van der Waals surface area (Å²) in [5.74, 6) is 0.730. The van der Waals surface area contributed by atoms with E-state index in [4.69, 9.17) is 4.98 Å². The molecule has 1 fully saturated rings. The molecular formula is C26H28N4O2. The summed E-state index contributed by atoms with van der Waals surface area (Å²) in [6.45, 7) is 11.1. The quantitative estimate of drug-likeness (QED) is 0.508. The van der Waals surface area contributed by atoms with E-state index in [-0.39, 0.29) is 24.3 Å². The van der Waals surface area contributed by atoms with Crippen molar-refractivity contribution in [2.75, 3.05) is 24.5 Å². The molecule has 0 bridgehead atoms. The predicted octanol–water partition coefficient (Wildman–Crippen LogP) is 4.07. The lowest BCUT2D eigenvalue weighted by Gasteiger charge is -2.21. The molecule has 0 aliphatic carbocycles. The molecule has 0 N–H and O–H groups in total. The zero-order chi connectivity index (χ0) is 22.7. The number of benzene rings is 2. The van der Waals surface area contributed by atoms with Crippen molar-refractivity contribution in [2.45, 2.75) is 25.8 Å². The molecular weight excluding hydrogens is 400 g/mol. The molecule has 0 saturated carbocycles. The van der Waals surface area contributed by atoms with Gasteiger partial charge < -0.3 is 14.4 Å². The van der Waals surface area contributed by atoms with Gasteiger partial charge in [0.1, 0.15) is 12.4 Å². The second kappa shape index (κ2) is 9.22. The van der Waals surface area contributed by atoms with Gasteiger partial charge in [-0.15, -0.1) is 13.2 Å². The molecule has 164 valence electrons. The predicted molar refractivity (Wildman–Crippen MR) is 128 cm³/mol. The van der Waals surface area contributed by atoms with Crippen molar-refractivity contribution in [1.82, 2.24) is 14.5 Å². The molecule has 3 aromatic rings. The average molecular weight is 429 g/mol. The fourth-order valence-electron chi connectivity index (χ4n) is 4.25. The maximum atomic E-state index is 13.1. The molecule has 0 spiro atoms. The molecule has 1 unspecified atom stereocenters. The third-order valence-electron chi connectivity index (χ3n) is 5.86. The number of aromatic nitrogens is 2. The molecule has 0 radical (unpaired) electrons. The molecule has 2 amide bonds. The summed E-state index contributed by atoms with van der Waals surface area (Å²) in [5, 5.41) is 0. The van der Waals surface area contributed by atoms with Crippen molar-refractivity contribution in [3.63, 3.8) is 0 Å². The van der Waals surface area contributed by atoms with Gasteiger partial charge in [0.2, 0.25) is 11.8 Å². The zero-order valence-electron chi connectivity index (χ0n) is 18.4. The first-order valence-corrected chi connectivity index (χ1v) is 10.8. The Bertz CT molecular complexity index is 1150. The number of para-hydroxylation sites is 2. The van der Waals surface area contributed by atoms with Crippen LogP contribution in [0.5, 0.6) is 0 Å². The van der Waals surface area contributed by atoms with E-state index in [1.807, 2.05) is 64.9 Å². The van der Waals surface area contributed by atoms with Gasteiger partial charge in [-0.3, -0.25) is 9.59 Å². The third-order valence-corrected chi connectivity index (χ3v) is 5.86. The summed E-state index contributed by atoms with van der Waals surface area (Å²) >= 11 is 0. The van der Waals surface area contributed by atoms with Crippen molar-refractivity contribution in [3.05, 3.63) is 85.2 Å². The van der Waals surface area contributed by atoms with Crippen molar-refractivity contribution in [2.24, 2.45) is 0 Å². The van der Waals surface area contributed by atoms with Crippen LogP contribution in [-0.2, 0) is 16.1 Å². The Balaban J connectivity index is 1.66. The van der Waals surface area contributed by atoms with Gasteiger partial charge in [-0.1, -0.05) is 42.0 Å². The molecule has 1 aliphatic heterocycles. The van der Waals surface area contributed by atoms with Crippen LogP contribution in [0.15, 0.2) is 73.8 Å². The van der Waals surface area contributed by atoms with Gasteiger partial charge in [-0.05, 0) is 31.2 Å². The lowest BCUT2D eigenvalue weighted by molar-refractivity contribution is -0.130. The van der Waals surface area contributed by atoms with E-state index >= 15 is 0 Å². The Morgan fingerprint density at radius 3 is 2.50 bits per heavy atom. The highest BCUT2D eigenvalue weighted by atomic mass is 16.2. The van der Waals surface area contributed by atoms with Crippen LogP contribution in [-0.4, -0.2) is 45.9 Å². The summed E-state index contributed by atoms with van der Waals surface area (Å²) in [6.07, 6.45) is 3.79. The highest BCUT2D eigenvalue weighted by molar-refractivity contribution is 5.96. The van der Waals surface area contributed by atoms with Gasteiger partial charge in [0.05, 0.1) is 11.0 Å². The van der Waals surface area contributed by atoms with E-state index in [1.165, 1.54) is 0 Å². The number of amides is 2. The Hall–Kier alpha value is -3.67. The van der Waals surface area contributed by atoms with E-state index in [2.05, 4.69) is 13.2 Å². The lowest BCUT2D eigenvalue weighted by atomic mass is 10.1. The van der Waals surface area contributed by atoms with Crippen LogP contribution in [0.3, 0.4) is 0 Å². The first-order valence-electron chi connectivity index (χ1n) is 10.8. The first-order chi connectivity index (χ1) is 15.5. The molecule has 1 aliphatic rings. The Morgan fingerprint density at radius 1 is 1.12 bits per heavy atom. The Kier molecular flexibility index (Phi) is 6.21. The van der Waals surface area contributed by atoms with Gasteiger partial charge in [-0.2, -0.15) is 0 Å². The minimum atomic E-state index is -0.0868. The van der Waals surface area contributed by atoms with Crippen LogP contribution in [0.4, 0.5) is 5.69 Å². The van der Waals surface area contributed by atoms with E-state index < -0.39 is 0 Å². The van der Waals surface area contributed by atoms with E-state index in [1.54, 1.807) is 17.1 Å². The fraction of sp³-hybridized carbons (Fsp3) is 0.269. The maximum absolute atomic E-state index is 13.1. The lowest BCUT2D eigenvalue weighted by Crippen LogP contribution is -2.34. The average Bonchev–Trinajstić information content (AvgIpc) is 3.35. The van der Waals surface area contributed by atoms with Crippen molar-refractivity contribution < 1.29 is 9.59 Å². The summed E-state index contributed by atoms with van der Waals surface area (Å²) < 4.78 is 1.97. The second-order valence-electron chi connectivity index (χ2n) is 8.16. The number of anilines is 1. The van der Waals surface area contributed by atoms with E-state index in [9.17, 15) is 9.59 Å². The number of fused-ring (bicyclic) bond motifs is 1. The summed E-state index contributed by atoms with van der Waals surface area (Å²) in [7, 11) is 0. The number of hydrogen-bond donors (Lipinski definition) is 0. The summed E-state index contributed by atoms with van der Waals surface area (Å²) in [4.78, 5) is 34.3. The standard InChI is InChI=1S/C26H28N4O2/c1-4-14-28(15-5-2)25(32)18-30-23-9-7-6-8-22(23)27-26(30)20-16-24(31)29(17-20)21-12-10-19(3)11-13-21/h4-13,20H,1-2,14-18H2,3H3. The maximum Gasteiger partial charge on any atom is 0.243 e. The van der Waals surface area contributed by atoms with Crippen LogP contribution in [0.2, 0.25) is 0 Å². The van der Waals surface area contributed by atoms with E-state index in [0.29, 0.717) is 26.1 Å². The normalized spacial score (nSPS) is 15.8. The molecule has 2 heterocycles. The van der Waals surface area contributed by atoms with Crippen LogP contribution in [0.25, 0.3) is 11.0 Å². The molecule has 1 atom stereocenters. The monoisotopic (exact) mass is 428 g/mol. The molecule has 6 heteroatoms. The van der Waals surface area contributed by atoms with E-state index in [0.717, 1.165) is 28.1 Å². The number of rotatable bonds is 8. The number of hydrogen-bond acceptors (Lipinski definition) is 3. The zero-order valence-corrected chi connectivity index (χ0v) is 18.4. The minimum Gasteiger partial charge on any atom is -0.334 e. The Morgan fingerprint density at radius 2 is 1.81 bits per heavy atom. The van der Waals surface area contributed by atoms with Crippen LogP contribution >= 0.6 is 0 Å². The minimum absolute atomic E-state index is 0.0334. The van der Waals surface area contributed by atoms with Gasteiger partial charge in [0.25, 0.3) is 0 Å². The van der Waals surface area contributed by atoms with Crippen molar-refractivity contribution >= 4 is 28.5 Å². The van der Waals surface area contributed by atoms with Crippen molar-refractivity contribution in [1.29, 1.82) is 0 Å². The highest BCUT2D eigenvalue weighted by Crippen LogP contribution is 2.33. The highest BCUT2D eigenvalue weighted by Gasteiger charge is 2.35. The van der Waals surface area contributed by atoms with Gasteiger partial charge in [-0.25, -0.2) is 4.98 Å². The third kappa shape index (κ3) is 4.21. The number of carbonyl (C=O) groups excluding carboxylic acids is 2. The van der Waals surface area contributed by atoms with Gasteiger partial charge in [0.15, 0.2) is 0 Å². The molecule has 1 aromatic heterocycles. The molecule has 4 rings (SSSR count). The topological polar surface area (TPSA) is 58.4 Å². The summed E-state index contributed by atoms with van der Waals surface area (Å²) in [5.41, 5.74) is 3.77. The van der Waals surface area contributed by atoms with Crippen LogP contribution in [0.1, 0.15) is 23.7 Å². The van der Waals surface area contributed by atoms with Gasteiger partial charge in [0, 0.05) is 37.7 Å². The largest absolute Gasteiger partial charge is 0.334 e.